The predicted molar refractivity (Wildman–Crippen MR) is 109 cm³/mol. The number of methoxy groups -OCH3 is 1. The predicted octanol–water partition coefficient (Wildman–Crippen LogP) is 6.29. The van der Waals surface area contributed by atoms with Crippen LogP contribution in [0.4, 0.5) is 0 Å². The molecular weight excluding hydrogens is 383 g/mol. The second-order valence-electron chi connectivity index (χ2n) is 5.88. The fourth-order valence-corrected chi connectivity index (χ4v) is 3.02. The molecule has 4 aromatic rings. The molecule has 0 N–H and O–H groups in total. The largest absolute Gasteiger partial charge is 0.497 e. The van der Waals surface area contributed by atoms with Crippen LogP contribution in [0.3, 0.4) is 0 Å². The van der Waals surface area contributed by atoms with E-state index in [9.17, 15) is 0 Å². The summed E-state index contributed by atoms with van der Waals surface area (Å²) < 4.78 is 10.9. The maximum absolute atomic E-state index is 6.39. The Hall–Kier alpha value is -2.82. The molecule has 0 unspecified atom stereocenters. The Morgan fingerprint density at radius 2 is 1.70 bits per heavy atom. The smallest absolute Gasteiger partial charge is 0.259 e. The zero-order valence-corrected chi connectivity index (χ0v) is 15.8. The van der Waals surface area contributed by atoms with E-state index in [0.29, 0.717) is 15.9 Å². The van der Waals surface area contributed by atoms with Crippen LogP contribution in [-0.2, 0) is 0 Å². The Kier molecular flexibility index (Phi) is 4.84. The van der Waals surface area contributed by atoms with Gasteiger partial charge >= 0.3 is 0 Å². The van der Waals surface area contributed by atoms with Crippen LogP contribution in [0, 0.1) is 0 Å². The lowest BCUT2D eigenvalue weighted by Crippen LogP contribution is -1.83. The van der Waals surface area contributed by atoms with E-state index in [2.05, 4.69) is 10.2 Å². The van der Waals surface area contributed by atoms with Crippen molar-refractivity contribution in [2.75, 3.05) is 7.11 Å². The second-order valence-corrected chi connectivity index (χ2v) is 6.73. The third kappa shape index (κ3) is 3.82. The number of hydrogen-bond donors (Lipinski definition) is 0. The number of hydrogen-bond acceptors (Lipinski definition) is 4. The monoisotopic (exact) mass is 396 g/mol. The first-order valence-corrected chi connectivity index (χ1v) is 8.93. The van der Waals surface area contributed by atoms with Crippen LogP contribution in [-0.4, -0.2) is 17.3 Å². The topological polar surface area (TPSA) is 48.2 Å². The van der Waals surface area contributed by atoms with Crippen LogP contribution >= 0.6 is 23.2 Å². The van der Waals surface area contributed by atoms with Crippen LogP contribution in [0.25, 0.3) is 33.3 Å². The van der Waals surface area contributed by atoms with Gasteiger partial charge in [-0.2, -0.15) is 0 Å². The summed E-state index contributed by atoms with van der Waals surface area (Å²) in [6.45, 7) is 0. The highest BCUT2D eigenvalue weighted by Gasteiger charge is 2.11. The molecule has 0 atom stereocenters. The van der Waals surface area contributed by atoms with E-state index in [1.807, 2.05) is 48.5 Å². The average molecular weight is 397 g/mol. The molecule has 1 aromatic heterocycles. The number of rotatable bonds is 4. The molecule has 0 radical (unpaired) electrons. The Balaban J connectivity index is 1.62. The molecule has 0 bridgehead atoms. The number of ether oxygens (including phenoxy) is 1. The fourth-order valence-electron chi connectivity index (χ4n) is 2.70. The molecule has 1 heterocycles. The van der Waals surface area contributed by atoms with Gasteiger partial charge in [-0.1, -0.05) is 41.4 Å². The van der Waals surface area contributed by atoms with Crippen molar-refractivity contribution in [1.29, 1.82) is 0 Å². The minimum Gasteiger partial charge on any atom is -0.497 e. The second kappa shape index (κ2) is 7.43. The molecule has 0 aliphatic carbocycles. The molecule has 0 amide bonds. The van der Waals surface area contributed by atoms with Gasteiger partial charge in [0, 0.05) is 10.6 Å². The minimum atomic E-state index is 0.261. The molecule has 134 valence electrons. The van der Waals surface area contributed by atoms with E-state index < -0.39 is 0 Å². The molecule has 3 aromatic carbocycles. The molecule has 0 fully saturated rings. The van der Waals surface area contributed by atoms with Crippen molar-refractivity contribution >= 4 is 45.1 Å². The highest BCUT2D eigenvalue weighted by atomic mass is 35.5. The maximum atomic E-state index is 6.39. The number of aromatic nitrogens is 2. The lowest BCUT2D eigenvalue weighted by Gasteiger charge is -2.03. The van der Waals surface area contributed by atoms with E-state index in [1.165, 1.54) is 0 Å². The van der Waals surface area contributed by atoms with Crippen molar-refractivity contribution in [3.05, 3.63) is 77.1 Å². The van der Waals surface area contributed by atoms with Gasteiger partial charge in [-0.25, -0.2) is 0 Å². The maximum Gasteiger partial charge on any atom is 0.259 e. The number of nitrogens with zero attached hydrogens (tertiary/aromatic N) is 2. The fraction of sp³-hybridized carbons (Fsp3) is 0.0476. The highest BCUT2D eigenvalue weighted by Crippen LogP contribution is 2.28. The highest BCUT2D eigenvalue weighted by molar-refractivity contribution is 6.50. The van der Waals surface area contributed by atoms with Crippen LogP contribution in [0.5, 0.6) is 5.75 Å². The summed E-state index contributed by atoms with van der Waals surface area (Å²) >= 11 is 12.3. The normalized spacial score (nSPS) is 11.7. The third-order valence-electron chi connectivity index (χ3n) is 4.09. The molecule has 0 aliphatic heterocycles. The first-order valence-electron chi connectivity index (χ1n) is 8.17. The summed E-state index contributed by atoms with van der Waals surface area (Å²) in [5.41, 5.74) is 1.71. The Morgan fingerprint density at radius 1 is 0.963 bits per heavy atom. The third-order valence-corrected chi connectivity index (χ3v) is 4.61. The van der Waals surface area contributed by atoms with Crippen molar-refractivity contribution in [1.82, 2.24) is 10.2 Å². The van der Waals surface area contributed by atoms with Gasteiger partial charge in [0.25, 0.3) is 5.89 Å². The van der Waals surface area contributed by atoms with Crippen molar-refractivity contribution in [3.63, 3.8) is 0 Å². The zero-order chi connectivity index (χ0) is 18.8. The van der Waals surface area contributed by atoms with Crippen molar-refractivity contribution in [2.45, 2.75) is 0 Å². The zero-order valence-electron chi connectivity index (χ0n) is 14.3. The van der Waals surface area contributed by atoms with Gasteiger partial charge in [0.2, 0.25) is 5.89 Å². The van der Waals surface area contributed by atoms with Crippen molar-refractivity contribution in [3.8, 4) is 17.2 Å². The number of fused-ring (bicyclic) bond motifs is 1. The quantitative estimate of drug-likeness (QED) is 0.406. The van der Waals surface area contributed by atoms with Gasteiger partial charge < -0.3 is 9.15 Å². The van der Waals surface area contributed by atoms with Gasteiger partial charge in [-0.3, -0.25) is 0 Å². The molecule has 4 nitrogen and oxygen atoms in total. The van der Waals surface area contributed by atoms with Crippen LogP contribution < -0.4 is 4.74 Å². The lowest BCUT2D eigenvalue weighted by molar-refractivity contribution is 0.415. The van der Waals surface area contributed by atoms with Gasteiger partial charge in [-0.15, -0.1) is 10.2 Å². The van der Waals surface area contributed by atoms with E-state index in [1.54, 1.807) is 25.3 Å². The summed E-state index contributed by atoms with van der Waals surface area (Å²) in [6.07, 6.45) is 1.80. The van der Waals surface area contributed by atoms with E-state index in [4.69, 9.17) is 32.4 Å². The Morgan fingerprint density at radius 3 is 2.48 bits per heavy atom. The van der Waals surface area contributed by atoms with E-state index >= 15 is 0 Å². The van der Waals surface area contributed by atoms with Gasteiger partial charge in [0.15, 0.2) is 0 Å². The molecule has 0 saturated heterocycles. The first-order chi connectivity index (χ1) is 13.1. The Bertz CT molecular complexity index is 1130. The Labute approximate surface area is 166 Å². The average Bonchev–Trinajstić information content (AvgIpc) is 3.18. The number of halogens is 2. The SMILES string of the molecule is COc1ccc2cc(/C=C(\Cl)c3nnc(-c4ccc(Cl)cc4)o3)ccc2c1. The van der Waals surface area contributed by atoms with Gasteiger partial charge in [0.05, 0.1) is 7.11 Å². The molecule has 27 heavy (non-hydrogen) atoms. The summed E-state index contributed by atoms with van der Waals surface area (Å²) in [4.78, 5) is 0. The molecule has 6 heteroatoms. The van der Waals surface area contributed by atoms with E-state index in [-0.39, 0.29) is 5.89 Å². The molecule has 0 aliphatic rings. The summed E-state index contributed by atoms with van der Waals surface area (Å²) in [7, 11) is 1.65. The van der Waals surface area contributed by atoms with Crippen molar-refractivity contribution in [2.24, 2.45) is 0 Å². The molecule has 4 rings (SSSR count). The van der Waals surface area contributed by atoms with E-state index in [0.717, 1.165) is 27.6 Å². The summed E-state index contributed by atoms with van der Waals surface area (Å²) in [5, 5.41) is 11.3. The lowest BCUT2D eigenvalue weighted by atomic mass is 10.1. The van der Waals surface area contributed by atoms with Crippen LogP contribution in [0.1, 0.15) is 11.5 Å². The summed E-state index contributed by atoms with van der Waals surface area (Å²) in [5.74, 6) is 1.47. The van der Waals surface area contributed by atoms with Gasteiger partial charge in [-0.05, 0) is 64.9 Å². The van der Waals surface area contributed by atoms with Crippen LogP contribution in [0.15, 0.2) is 65.1 Å². The number of benzene rings is 3. The molecule has 0 spiro atoms. The first kappa shape index (κ1) is 17.6. The van der Waals surface area contributed by atoms with Gasteiger partial charge in [0.1, 0.15) is 10.8 Å². The standard InChI is InChI=1S/C21H14Cl2N2O2/c1-26-18-9-6-15-10-13(2-3-16(15)12-18)11-19(23)21-25-24-20(27-21)14-4-7-17(22)8-5-14/h2-12H,1H3/b19-11-. The van der Waals surface area contributed by atoms with Crippen LogP contribution in [0.2, 0.25) is 5.02 Å². The molecule has 0 saturated carbocycles. The van der Waals surface area contributed by atoms with Crippen molar-refractivity contribution < 1.29 is 9.15 Å². The summed E-state index contributed by atoms with van der Waals surface area (Å²) in [6, 6.07) is 19.1. The minimum absolute atomic E-state index is 0.261. The molecular formula is C21H14Cl2N2O2.